The number of esters is 1. The van der Waals surface area contributed by atoms with Crippen LogP contribution in [0.3, 0.4) is 0 Å². The Hall–Kier alpha value is -0.613. The van der Waals surface area contributed by atoms with Crippen molar-refractivity contribution in [3.63, 3.8) is 0 Å². The molecule has 0 aromatic carbocycles. The lowest BCUT2D eigenvalue weighted by Gasteiger charge is -2.15. The molecule has 0 saturated heterocycles. The van der Waals surface area contributed by atoms with Gasteiger partial charge < -0.3 is 9.16 Å². The van der Waals surface area contributed by atoms with Gasteiger partial charge in [-0.1, -0.05) is 44.3 Å². The molecule has 0 atom stereocenters. The van der Waals surface area contributed by atoms with Crippen LogP contribution in [0.5, 0.6) is 0 Å². The molecule has 4 heteroatoms. The summed E-state index contributed by atoms with van der Waals surface area (Å²) < 4.78 is 10.4. The Kier molecular flexibility index (Phi) is 13.6. The predicted molar refractivity (Wildman–Crippen MR) is 96.6 cm³/mol. The molecule has 0 saturated carbocycles. The summed E-state index contributed by atoms with van der Waals surface area (Å²) in [4.78, 5) is 10.9. The van der Waals surface area contributed by atoms with Crippen LogP contribution in [-0.2, 0) is 14.0 Å². The molecule has 130 valence electrons. The number of carbonyl (C=O) groups excluding carboxylic acids is 1. The Labute approximate surface area is 138 Å². The largest absolute Gasteiger partial charge is 0.469 e. The first kappa shape index (κ1) is 21.4. The molecule has 3 nitrogen and oxygen atoms in total. The van der Waals surface area contributed by atoms with E-state index in [4.69, 9.17) is 4.43 Å². The second-order valence-corrected chi connectivity index (χ2v) is 11.3. The first-order valence-corrected chi connectivity index (χ1v) is 12.2. The molecule has 22 heavy (non-hydrogen) atoms. The molecule has 0 aromatic rings. The molecule has 0 aromatic heterocycles. The highest BCUT2D eigenvalue weighted by atomic mass is 28.4. The van der Waals surface area contributed by atoms with Crippen molar-refractivity contribution < 1.29 is 14.0 Å². The molecule has 0 heterocycles. The fraction of sp³-hybridized carbons (Fsp3) is 0.833. The second-order valence-electron chi connectivity index (χ2n) is 6.81. The van der Waals surface area contributed by atoms with E-state index in [-0.39, 0.29) is 5.97 Å². The van der Waals surface area contributed by atoms with E-state index < -0.39 is 8.32 Å². The monoisotopic (exact) mass is 328 g/mol. The van der Waals surface area contributed by atoms with Gasteiger partial charge in [-0.3, -0.25) is 4.79 Å². The van der Waals surface area contributed by atoms with Gasteiger partial charge in [-0.25, -0.2) is 0 Å². The van der Waals surface area contributed by atoms with Crippen molar-refractivity contribution in [1.82, 2.24) is 0 Å². The second kappa shape index (κ2) is 14.0. The maximum atomic E-state index is 10.9. The smallest absolute Gasteiger partial charge is 0.305 e. The number of allylic oxidation sites excluding steroid dienone is 1. The summed E-state index contributed by atoms with van der Waals surface area (Å²) in [5, 5.41) is 0. The molecule has 0 bridgehead atoms. The van der Waals surface area contributed by atoms with Crippen molar-refractivity contribution >= 4 is 14.3 Å². The van der Waals surface area contributed by atoms with Gasteiger partial charge in [0.2, 0.25) is 0 Å². The van der Waals surface area contributed by atoms with E-state index in [1.54, 1.807) is 0 Å². The minimum atomic E-state index is -1.33. The van der Waals surface area contributed by atoms with E-state index in [0.717, 1.165) is 25.9 Å². The van der Waals surface area contributed by atoms with Crippen LogP contribution >= 0.6 is 0 Å². The molecule has 0 aliphatic rings. The van der Waals surface area contributed by atoms with E-state index in [9.17, 15) is 4.79 Å². The van der Waals surface area contributed by atoms with Gasteiger partial charge in [-0.2, -0.15) is 0 Å². The van der Waals surface area contributed by atoms with E-state index in [2.05, 4.69) is 36.5 Å². The molecule has 0 amide bonds. The average molecular weight is 329 g/mol. The van der Waals surface area contributed by atoms with Crippen LogP contribution in [0.1, 0.15) is 64.2 Å². The van der Waals surface area contributed by atoms with Gasteiger partial charge >= 0.3 is 5.97 Å². The molecule has 0 aliphatic carbocycles. The van der Waals surface area contributed by atoms with Gasteiger partial charge in [0.1, 0.15) is 0 Å². The maximum absolute atomic E-state index is 10.9. The van der Waals surface area contributed by atoms with Crippen molar-refractivity contribution in [1.29, 1.82) is 0 Å². The Morgan fingerprint density at radius 3 is 2.00 bits per heavy atom. The van der Waals surface area contributed by atoms with Crippen molar-refractivity contribution in [2.24, 2.45) is 0 Å². The van der Waals surface area contributed by atoms with Gasteiger partial charge in [0.15, 0.2) is 8.32 Å². The van der Waals surface area contributed by atoms with Crippen molar-refractivity contribution in [2.75, 3.05) is 13.7 Å². The first-order valence-electron chi connectivity index (χ1n) is 8.81. The van der Waals surface area contributed by atoms with Gasteiger partial charge in [-0.15, -0.1) is 0 Å². The Morgan fingerprint density at radius 1 is 0.864 bits per heavy atom. The Bertz CT molecular complexity index is 295. The number of hydrogen-bond acceptors (Lipinski definition) is 3. The SMILES string of the molecule is COC(=O)CCCCCCCCC/C=C/CCO[Si](C)(C)C. The van der Waals surface area contributed by atoms with Crippen LogP contribution < -0.4 is 0 Å². The average Bonchev–Trinajstić information content (AvgIpc) is 2.46. The third-order valence-corrected chi connectivity index (χ3v) is 4.54. The zero-order chi connectivity index (χ0) is 16.7. The number of carbonyl (C=O) groups is 1. The van der Waals surface area contributed by atoms with E-state index in [0.29, 0.717) is 6.42 Å². The summed E-state index contributed by atoms with van der Waals surface area (Å²) in [6, 6.07) is 0. The highest BCUT2D eigenvalue weighted by molar-refractivity contribution is 6.69. The van der Waals surface area contributed by atoms with Crippen molar-refractivity contribution in [3.8, 4) is 0 Å². The van der Waals surface area contributed by atoms with Gasteiger partial charge in [-0.05, 0) is 45.3 Å². The van der Waals surface area contributed by atoms with Gasteiger partial charge in [0.25, 0.3) is 0 Å². The van der Waals surface area contributed by atoms with E-state index in [1.807, 2.05) is 0 Å². The lowest BCUT2D eigenvalue weighted by molar-refractivity contribution is -0.140. The number of methoxy groups -OCH3 is 1. The van der Waals surface area contributed by atoms with Crippen molar-refractivity contribution in [3.05, 3.63) is 12.2 Å². The lowest BCUT2D eigenvalue weighted by Crippen LogP contribution is -2.25. The standard InChI is InChI=1S/C18H36O3Si/c1-20-18(19)16-14-12-10-8-6-5-7-9-11-13-15-17-21-22(2,3)4/h11,13H,5-10,12,14-17H2,1-4H3/b13-11+. The summed E-state index contributed by atoms with van der Waals surface area (Å²) in [5.41, 5.74) is 0. The molecule has 0 radical (unpaired) electrons. The normalized spacial score (nSPS) is 12.0. The predicted octanol–water partition coefficient (Wildman–Crippen LogP) is 5.47. The molecular formula is C18H36O3Si. The fourth-order valence-corrected chi connectivity index (χ4v) is 2.92. The van der Waals surface area contributed by atoms with Gasteiger partial charge in [0, 0.05) is 13.0 Å². The third kappa shape index (κ3) is 17.4. The van der Waals surface area contributed by atoms with Crippen LogP contribution in [0, 0.1) is 0 Å². The summed E-state index contributed by atoms with van der Waals surface area (Å²) in [6.07, 6.45) is 15.9. The molecule has 0 fully saturated rings. The minimum Gasteiger partial charge on any atom is -0.469 e. The molecule has 0 spiro atoms. The fourth-order valence-electron chi connectivity index (χ4n) is 2.19. The van der Waals surface area contributed by atoms with Crippen molar-refractivity contribution in [2.45, 2.75) is 83.8 Å². The number of hydrogen-bond donors (Lipinski definition) is 0. The number of rotatable bonds is 14. The zero-order valence-corrected chi connectivity index (χ0v) is 16.2. The third-order valence-electron chi connectivity index (χ3n) is 3.47. The van der Waals surface area contributed by atoms with Crippen LogP contribution in [0.25, 0.3) is 0 Å². The first-order chi connectivity index (χ1) is 10.5. The summed E-state index contributed by atoms with van der Waals surface area (Å²) >= 11 is 0. The molecule has 0 N–H and O–H groups in total. The molecule has 0 unspecified atom stereocenters. The maximum Gasteiger partial charge on any atom is 0.305 e. The zero-order valence-electron chi connectivity index (χ0n) is 15.2. The Morgan fingerprint density at radius 2 is 1.41 bits per heavy atom. The van der Waals surface area contributed by atoms with E-state index in [1.165, 1.54) is 45.6 Å². The summed E-state index contributed by atoms with van der Waals surface area (Å²) in [7, 11) is 0.129. The topological polar surface area (TPSA) is 35.5 Å². The van der Waals surface area contributed by atoms with E-state index >= 15 is 0 Å². The minimum absolute atomic E-state index is 0.0815. The Balaban J connectivity index is 3.18. The quantitative estimate of drug-likeness (QED) is 0.184. The number of ether oxygens (including phenoxy) is 1. The van der Waals surface area contributed by atoms with Crippen LogP contribution in [0.4, 0.5) is 0 Å². The van der Waals surface area contributed by atoms with Gasteiger partial charge in [0.05, 0.1) is 7.11 Å². The highest BCUT2D eigenvalue weighted by Crippen LogP contribution is 2.10. The van der Waals surface area contributed by atoms with Crippen LogP contribution in [0.2, 0.25) is 19.6 Å². The van der Waals surface area contributed by atoms with Crippen LogP contribution in [-0.4, -0.2) is 28.0 Å². The summed E-state index contributed by atoms with van der Waals surface area (Å²) in [6.45, 7) is 7.56. The number of unbranched alkanes of at least 4 members (excludes halogenated alkanes) is 7. The molecular weight excluding hydrogens is 292 g/mol. The lowest BCUT2D eigenvalue weighted by atomic mass is 10.1. The van der Waals surface area contributed by atoms with Crippen LogP contribution in [0.15, 0.2) is 12.2 Å². The molecule has 0 rings (SSSR count). The molecule has 0 aliphatic heterocycles. The highest BCUT2D eigenvalue weighted by Gasteiger charge is 2.12. The summed E-state index contributed by atoms with van der Waals surface area (Å²) in [5.74, 6) is -0.0815.